The van der Waals surface area contributed by atoms with Crippen LogP contribution in [0.1, 0.15) is 25.3 Å². The number of sulfonamides is 1. The van der Waals surface area contributed by atoms with E-state index in [4.69, 9.17) is 4.74 Å². The molecule has 0 spiro atoms. The number of likely N-dealkylation sites (tertiary alicyclic amines) is 1. The Kier molecular flexibility index (Phi) is 6.92. The number of amides is 1. The van der Waals surface area contributed by atoms with Gasteiger partial charge >= 0.3 is 5.97 Å². The molecule has 1 aromatic carbocycles. The van der Waals surface area contributed by atoms with Gasteiger partial charge in [0.05, 0.1) is 18.9 Å². The molecule has 1 saturated heterocycles. The van der Waals surface area contributed by atoms with Crippen molar-refractivity contribution in [2.45, 2.75) is 30.4 Å². The van der Waals surface area contributed by atoms with Crippen LogP contribution < -0.4 is 4.72 Å². The van der Waals surface area contributed by atoms with Crippen LogP contribution in [0.15, 0.2) is 46.0 Å². The molecule has 156 valence electrons. The minimum Gasteiger partial charge on any atom is -0.466 e. The van der Waals surface area contributed by atoms with Crippen LogP contribution in [-0.2, 0) is 30.8 Å². The number of esters is 1. The molecule has 0 saturated carbocycles. The summed E-state index contributed by atoms with van der Waals surface area (Å²) in [5, 5.41) is 1.71. The summed E-state index contributed by atoms with van der Waals surface area (Å²) in [6.07, 6.45) is 1.48. The second-order valence-corrected chi connectivity index (χ2v) is 9.68. The third-order valence-electron chi connectivity index (χ3n) is 4.79. The molecule has 9 heteroatoms. The number of thiophene rings is 1. The van der Waals surface area contributed by atoms with Crippen molar-refractivity contribution >= 4 is 38.9 Å². The molecule has 0 aliphatic carbocycles. The maximum Gasteiger partial charge on any atom is 0.309 e. The van der Waals surface area contributed by atoms with Crippen LogP contribution in [0.5, 0.6) is 0 Å². The predicted octanol–water partition coefficient (Wildman–Crippen LogP) is 2.89. The Balaban J connectivity index is 1.52. The number of nitrogens with zero attached hydrogens (tertiary/aromatic N) is 1. The molecular weight excluding hydrogens is 412 g/mol. The Labute approximate surface area is 174 Å². The van der Waals surface area contributed by atoms with Crippen LogP contribution in [-0.4, -0.2) is 44.9 Å². The molecule has 1 N–H and O–H groups in total. The summed E-state index contributed by atoms with van der Waals surface area (Å²) < 4.78 is 32.3. The summed E-state index contributed by atoms with van der Waals surface area (Å²) in [7, 11) is -3.58. The van der Waals surface area contributed by atoms with Crippen LogP contribution in [0, 0.1) is 5.92 Å². The van der Waals surface area contributed by atoms with Gasteiger partial charge in [-0.05, 0) is 48.9 Å². The van der Waals surface area contributed by atoms with Crippen LogP contribution in [0.4, 0.5) is 5.69 Å². The monoisotopic (exact) mass is 436 g/mol. The number of carbonyl (C=O) groups excluding carboxylic acids is 2. The highest BCUT2D eigenvalue weighted by Crippen LogP contribution is 2.22. The zero-order valence-electron chi connectivity index (χ0n) is 16.2. The maximum absolute atomic E-state index is 12.5. The Hall–Kier alpha value is -2.39. The lowest BCUT2D eigenvalue weighted by Crippen LogP contribution is -2.41. The van der Waals surface area contributed by atoms with Crippen molar-refractivity contribution in [2.75, 3.05) is 24.4 Å². The molecule has 1 fully saturated rings. The summed E-state index contributed by atoms with van der Waals surface area (Å²) in [6.45, 7) is 3.24. The number of anilines is 1. The highest BCUT2D eigenvalue weighted by Gasteiger charge is 2.28. The fourth-order valence-corrected chi connectivity index (χ4v) is 5.28. The van der Waals surface area contributed by atoms with E-state index in [0.29, 0.717) is 38.2 Å². The molecule has 7 nitrogen and oxygen atoms in total. The third kappa shape index (κ3) is 5.57. The summed E-state index contributed by atoms with van der Waals surface area (Å²) in [4.78, 5) is 26.1. The van der Waals surface area contributed by atoms with E-state index in [1.807, 2.05) is 0 Å². The van der Waals surface area contributed by atoms with Crippen molar-refractivity contribution < 1.29 is 22.7 Å². The second-order valence-electron chi connectivity index (χ2n) is 6.82. The lowest BCUT2D eigenvalue weighted by molar-refractivity contribution is -0.151. The fraction of sp³-hybridized carbons (Fsp3) is 0.400. The van der Waals surface area contributed by atoms with Gasteiger partial charge < -0.3 is 9.64 Å². The Morgan fingerprint density at radius 2 is 1.86 bits per heavy atom. The van der Waals surface area contributed by atoms with Gasteiger partial charge in [0.25, 0.3) is 10.0 Å². The molecule has 1 aliphatic heterocycles. The number of nitrogens with one attached hydrogen (secondary N) is 1. The van der Waals surface area contributed by atoms with Crippen molar-refractivity contribution in [3.63, 3.8) is 0 Å². The second kappa shape index (κ2) is 9.41. The molecule has 0 radical (unpaired) electrons. The van der Waals surface area contributed by atoms with Crippen molar-refractivity contribution in [1.82, 2.24) is 4.90 Å². The number of piperidine rings is 1. The van der Waals surface area contributed by atoms with Gasteiger partial charge in [-0.2, -0.15) is 0 Å². The molecule has 2 aromatic rings. The lowest BCUT2D eigenvalue weighted by Gasteiger charge is -2.31. The van der Waals surface area contributed by atoms with Gasteiger partial charge in [-0.1, -0.05) is 18.2 Å². The average Bonchev–Trinajstić information content (AvgIpc) is 3.25. The highest BCUT2D eigenvalue weighted by molar-refractivity contribution is 7.94. The van der Waals surface area contributed by atoms with Crippen molar-refractivity contribution in [2.24, 2.45) is 5.92 Å². The normalized spacial score (nSPS) is 15.1. The van der Waals surface area contributed by atoms with Crippen molar-refractivity contribution in [3.05, 3.63) is 47.3 Å². The van der Waals surface area contributed by atoms with Crippen LogP contribution in [0.2, 0.25) is 0 Å². The van der Waals surface area contributed by atoms with E-state index in [0.717, 1.165) is 16.9 Å². The summed E-state index contributed by atoms with van der Waals surface area (Å²) in [5.74, 6) is -0.311. The topological polar surface area (TPSA) is 92.8 Å². The zero-order chi connectivity index (χ0) is 20.9. The average molecular weight is 437 g/mol. The minimum atomic E-state index is -3.58. The van der Waals surface area contributed by atoms with E-state index in [1.54, 1.807) is 53.6 Å². The molecule has 29 heavy (non-hydrogen) atoms. The number of hydrogen-bond donors (Lipinski definition) is 1. The van der Waals surface area contributed by atoms with Crippen LogP contribution in [0.25, 0.3) is 0 Å². The first-order chi connectivity index (χ1) is 13.9. The molecule has 2 heterocycles. The first-order valence-electron chi connectivity index (χ1n) is 9.48. The van der Waals surface area contributed by atoms with Crippen LogP contribution in [0.3, 0.4) is 0 Å². The standard InChI is InChI=1S/C20H24N2O5S2/c1-2-27-20(24)16-9-11-22(12-10-16)18(23)14-15-5-7-17(8-6-15)21-29(25,26)19-4-3-13-28-19/h3-8,13,16,21H,2,9-12,14H2,1H3. The van der Waals surface area contributed by atoms with E-state index < -0.39 is 10.0 Å². The fourth-order valence-electron chi connectivity index (χ4n) is 3.22. The molecule has 0 unspecified atom stereocenters. The number of carbonyl (C=O) groups is 2. The number of benzene rings is 1. The largest absolute Gasteiger partial charge is 0.466 e. The molecular formula is C20H24N2O5S2. The van der Waals surface area contributed by atoms with E-state index >= 15 is 0 Å². The van der Waals surface area contributed by atoms with E-state index in [1.165, 1.54) is 0 Å². The van der Waals surface area contributed by atoms with Gasteiger partial charge in [0.1, 0.15) is 4.21 Å². The Morgan fingerprint density at radius 3 is 2.45 bits per heavy atom. The lowest BCUT2D eigenvalue weighted by atomic mass is 9.96. The number of rotatable bonds is 7. The minimum absolute atomic E-state index is 0.000717. The first kappa shape index (κ1) is 21.3. The van der Waals surface area contributed by atoms with Gasteiger partial charge in [-0.25, -0.2) is 8.42 Å². The third-order valence-corrected chi connectivity index (χ3v) is 7.57. The van der Waals surface area contributed by atoms with Crippen LogP contribution >= 0.6 is 11.3 Å². The molecule has 1 aromatic heterocycles. The van der Waals surface area contributed by atoms with Gasteiger partial charge in [0.15, 0.2) is 0 Å². The van der Waals surface area contributed by atoms with E-state index in [9.17, 15) is 18.0 Å². The first-order valence-corrected chi connectivity index (χ1v) is 11.8. The SMILES string of the molecule is CCOC(=O)C1CCN(C(=O)Cc2ccc(NS(=O)(=O)c3cccs3)cc2)CC1. The predicted molar refractivity (Wildman–Crippen MR) is 111 cm³/mol. The molecule has 0 bridgehead atoms. The summed E-state index contributed by atoms with van der Waals surface area (Å²) in [5.41, 5.74) is 1.26. The molecule has 0 atom stereocenters. The van der Waals surface area contributed by atoms with Crippen molar-refractivity contribution in [1.29, 1.82) is 0 Å². The zero-order valence-corrected chi connectivity index (χ0v) is 17.8. The van der Waals surface area contributed by atoms with Crippen molar-refractivity contribution in [3.8, 4) is 0 Å². The van der Waals surface area contributed by atoms with E-state index in [2.05, 4.69) is 4.72 Å². The van der Waals surface area contributed by atoms with Gasteiger partial charge in [-0.15, -0.1) is 11.3 Å². The Morgan fingerprint density at radius 1 is 1.17 bits per heavy atom. The van der Waals surface area contributed by atoms with Gasteiger partial charge in [0, 0.05) is 18.8 Å². The highest BCUT2D eigenvalue weighted by atomic mass is 32.2. The van der Waals surface area contributed by atoms with E-state index in [-0.39, 0.29) is 28.4 Å². The van der Waals surface area contributed by atoms with Gasteiger partial charge in [-0.3, -0.25) is 14.3 Å². The maximum atomic E-state index is 12.5. The molecule has 1 aliphatic rings. The summed E-state index contributed by atoms with van der Waals surface area (Å²) in [6, 6.07) is 10.0. The quantitative estimate of drug-likeness (QED) is 0.674. The Bertz CT molecular complexity index is 932. The van der Waals surface area contributed by atoms with Gasteiger partial charge in [0.2, 0.25) is 5.91 Å². The molecule has 1 amide bonds. The number of hydrogen-bond acceptors (Lipinski definition) is 6. The summed E-state index contributed by atoms with van der Waals surface area (Å²) >= 11 is 1.15. The number of ether oxygens (including phenoxy) is 1. The smallest absolute Gasteiger partial charge is 0.309 e. The molecule has 3 rings (SSSR count).